The molecule has 0 saturated carbocycles. The second-order valence-corrected chi connectivity index (χ2v) is 9.41. The first kappa shape index (κ1) is 26.1. The van der Waals surface area contributed by atoms with Crippen LogP contribution in [0, 0.1) is 5.92 Å². The number of fused-ring (bicyclic) bond motifs is 3. The highest BCUT2D eigenvalue weighted by Crippen LogP contribution is 2.44. The van der Waals surface area contributed by atoms with Crippen LogP contribution in [0.4, 0.5) is 4.79 Å². The van der Waals surface area contributed by atoms with Gasteiger partial charge in [-0.25, -0.2) is 9.59 Å². The summed E-state index contributed by atoms with van der Waals surface area (Å²) in [5.74, 6) is -4.48. The zero-order valence-electron chi connectivity index (χ0n) is 21.1. The van der Waals surface area contributed by atoms with Crippen molar-refractivity contribution in [3.05, 3.63) is 59.7 Å². The van der Waals surface area contributed by atoms with Crippen LogP contribution in [0.25, 0.3) is 11.1 Å². The molecule has 1 aliphatic carbocycles. The molecule has 0 radical (unpaired) electrons. The highest BCUT2D eigenvalue weighted by atomic mass is 16.8. The van der Waals surface area contributed by atoms with Crippen LogP contribution in [0.15, 0.2) is 48.5 Å². The van der Waals surface area contributed by atoms with Crippen molar-refractivity contribution in [3.8, 4) is 11.1 Å². The van der Waals surface area contributed by atoms with Crippen LogP contribution in [0.2, 0.25) is 0 Å². The van der Waals surface area contributed by atoms with E-state index in [9.17, 15) is 14.7 Å². The van der Waals surface area contributed by atoms with Crippen molar-refractivity contribution in [1.29, 1.82) is 0 Å². The fraction of sp³-hybridized carbons (Fsp3) is 0.481. The Morgan fingerprint density at radius 2 is 1.58 bits per heavy atom. The number of carbonyl (C=O) groups is 2. The van der Waals surface area contributed by atoms with Crippen molar-refractivity contribution in [2.24, 2.45) is 5.92 Å². The smallest absolute Gasteiger partial charge is 0.407 e. The van der Waals surface area contributed by atoms with Gasteiger partial charge in [-0.3, -0.25) is 0 Å². The number of carboxylic acid groups (broad SMARTS) is 1. The lowest BCUT2D eigenvalue weighted by Gasteiger charge is -2.50. The van der Waals surface area contributed by atoms with Gasteiger partial charge in [-0.2, -0.15) is 0 Å². The topological polar surface area (TPSA) is 113 Å². The molecule has 1 amide bonds. The summed E-state index contributed by atoms with van der Waals surface area (Å²) in [6.07, 6.45) is -1.50. The van der Waals surface area contributed by atoms with Crippen molar-refractivity contribution in [1.82, 2.24) is 5.32 Å². The van der Waals surface area contributed by atoms with Crippen molar-refractivity contribution in [2.75, 3.05) is 27.4 Å². The molecule has 1 saturated heterocycles. The maximum Gasteiger partial charge on any atom is 0.407 e. The zero-order valence-corrected chi connectivity index (χ0v) is 21.1. The zero-order chi connectivity index (χ0) is 26.1. The largest absolute Gasteiger partial charge is 0.480 e. The predicted molar refractivity (Wildman–Crippen MR) is 130 cm³/mol. The average Bonchev–Trinajstić information content (AvgIpc) is 3.20. The van der Waals surface area contributed by atoms with E-state index < -0.39 is 41.7 Å². The minimum Gasteiger partial charge on any atom is -0.480 e. The Morgan fingerprint density at radius 3 is 2.11 bits per heavy atom. The Bertz CT molecular complexity index is 1080. The molecule has 0 aromatic heterocycles. The molecule has 0 bridgehead atoms. The van der Waals surface area contributed by atoms with Crippen molar-refractivity contribution in [2.45, 2.75) is 50.4 Å². The van der Waals surface area contributed by atoms with E-state index in [-0.39, 0.29) is 19.1 Å². The quantitative estimate of drug-likeness (QED) is 0.565. The summed E-state index contributed by atoms with van der Waals surface area (Å²) in [6, 6.07) is 14.7. The second kappa shape index (κ2) is 10.2. The number of hydrogen-bond donors (Lipinski definition) is 2. The van der Waals surface area contributed by atoms with Crippen LogP contribution in [-0.4, -0.2) is 68.3 Å². The molecule has 2 aliphatic rings. The number of alkyl carbamates (subject to hydrolysis) is 1. The van der Waals surface area contributed by atoms with Crippen molar-refractivity contribution >= 4 is 12.1 Å². The fourth-order valence-corrected chi connectivity index (χ4v) is 4.94. The number of benzene rings is 2. The molecule has 194 valence electrons. The normalized spacial score (nSPS) is 27.0. The summed E-state index contributed by atoms with van der Waals surface area (Å²) in [6.45, 7) is 5.14. The number of amides is 1. The summed E-state index contributed by atoms with van der Waals surface area (Å²) in [4.78, 5) is 24.8. The molecule has 1 aliphatic heterocycles. The van der Waals surface area contributed by atoms with E-state index >= 15 is 0 Å². The molecular formula is C27H33NO8. The van der Waals surface area contributed by atoms with E-state index in [1.165, 1.54) is 14.2 Å². The van der Waals surface area contributed by atoms with Gasteiger partial charge in [0.05, 0.1) is 12.7 Å². The molecule has 2 N–H and O–H groups in total. The molecular weight excluding hydrogens is 466 g/mol. The first-order valence-electron chi connectivity index (χ1n) is 11.9. The number of ether oxygens (including phenoxy) is 5. The van der Waals surface area contributed by atoms with Crippen molar-refractivity contribution in [3.63, 3.8) is 0 Å². The third-order valence-electron chi connectivity index (χ3n) is 7.50. The number of hydrogen-bond acceptors (Lipinski definition) is 7. The van der Waals surface area contributed by atoms with E-state index in [4.69, 9.17) is 23.7 Å². The van der Waals surface area contributed by atoms with E-state index in [1.807, 2.05) is 48.5 Å². The fourth-order valence-electron chi connectivity index (χ4n) is 4.94. The minimum atomic E-state index is -1.29. The van der Waals surface area contributed by atoms with Gasteiger partial charge in [-0.1, -0.05) is 55.5 Å². The number of rotatable bonds is 8. The number of aliphatic carboxylic acids is 1. The lowest BCUT2D eigenvalue weighted by Crippen LogP contribution is -2.64. The molecule has 1 heterocycles. The van der Waals surface area contributed by atoms with E-state index in [1.54, 1.807) is 20.8 Å². The Labute approximate surface area is 210 Å². The van der Waals surface area contributed by atoms with Gasteiger partial charge in [0, 0.05) is 26.1 Å². The maximum atomic E-state index is 12.7. The van der Waals surface area contributed by atoms with E-state index in [2.05, 4.69) is 5.32 Å². The lowest BCUT2D eigenvalue weighted by atomic mass is 9.93. The number of nitrogens with one attached hydrogen (secondary N) is 1. The minimum absolute atomic E-state index is 0.0562. The Hall–Kier alpha value is -2.98. The van der Waals surface area contributed by atoms with E-state index in [0.717, 1.165) is 22.3 Å². The van der Waals surface area contributed by atoms with Gasteiger partial charge in [-0.05, 0) is 36.1 Å². The second-order valence-electron chi connectivity index (χ2n) is 9.41. The molecule has 2 unspecified atom stereocenters. The van der Waals surface area contributed by atoms with Gasteiger partial charge in [0.2, 0.25) is 11.6 Å². The monoisotopic (exact) mass is 499 g/mol. The first-order chi connectivity index (χ1) is 17.1. The summed E-state index contributed by atoms with van der Waals surface area (Å²) in [5.41, 5.74) is 4.36. The Morgan fingerprint density at radius 1 is 1.03 bits per heavy atom. The molecule has 1 fully saturated rings. The molecule has 5 atom stereocenters. The molecule has 2 aromatic rings. The molecule has 2 aromatic carbocycles. The van der Waals surface area contributed by atoms with Crippen LogP contribution in [0.3, 0.4) is 0 Å². The number of methoxy groups -OCH3 is 2. The summed E-state index contributed by atoms with van der Waals surface area (Å²) < 4.78 is 28.4. The lowest BCUT2D eigenvalue weighted by molar-refractivity contribution is -0.435. The molecule has 36 heavy (non-hydrogen) atoms. The summed E-state index contributed by atoms with van der Waals surface area (Å²) in [5, 5.41) is 12.4. The average molecular weight is 500 g/mol. The van der Waals surface area contributed by atoms with E-state index in [0.29, 0.717) is 0 Å². The third kappa shape index (κ3) is 4.59. The molecule has 0 spiro atoms. The van der Waals surface area contributed by atoms with Crippen LogP contribution in [0.1, 0.15) is 37.8 Å². The summed E-state index contributed by atoms with van der Waals surface area (Å²) in [7, 11) is 2.93. The van der Waals surface area contributed by atoms with Gasteiger partial charge in [0.25, 0.3) is 0 Å². The maximum absolute atomic E-state index is 12.7. The highest BCUT2D eigenvalue weighted by Gasteiger charge is 2.55. The van der Waals surface area contributed by atoms with Gasteiger partial charge in [-0.15, -0.1) is 0 Å². The van der Waals surface area contributed by atoms with Gasteiger partial charge in [0.15, 0.2) is 0 Å². The standard InChI is InChI=1S/C27H33NO8/c1-16(22-15-35-26(2,32-4)27(3,33-5)36-22)23(24(29)30)28-25(31)34-14-21-19-12-8-6-10-17(19)18-11-7-9-13-20(18)21/h6-13,16,21-23H,14-15H2,1-5H3,(H,28,31)(H,29,30)/t16-,22-,23-,26?,27?/m0/s1. The van der Waals surface area contributed by atoms with Crippen molar-refractivity contribution < 1.29 is 38.4 Å². The highest BCUT2D eigenvalue weighted by molar-refractivity contribution is 5.81. The molecule has 4 rings (SSSR count). The van der Waals surface area contributed by atoms with Crippen LogP contribution >= 0.6 is 0 Å². The Kier molecular flexibility index (Phi) is 7.38. The van der Waals surface area contributed by atoms with Crippen LogP contribution < -0.4 is 5.32 Å². The SMILES string of the molecule is COC1(C)OC[C@@H]([C@H](C)[C@H](NC(=O)OCC2c3ccccc3-c3ccccc32)C(=O)O)OC1(C)OC. The number of carboxylic acids is 1. The van der Waals surface area contributed by atoms with Gasteiger partial charge in [0.1, 0.15) is 12.6 Å². The van der Waals surface area contributed by atoms with Crippen LogP contribution in [0.5, 0.6) is 0 Å². The number of carbonyl (C=O) groups excluding carboxylic acids is 1. The third-order valence-corrected chi connectivity index (χ3v) is 7.50. The van der Waals surface area contributed by atoms with Gasteiger partial charge < -0.3 is 34.1 Å². The summed E-state index contributed by atoms with van der Waals surface area (Å²) >= 11 is 0. The van der Waals surface area contributed by atoms with Crippen LogP contribution in [-0.2, 0) is 28.5 Å². The molecule has 9 heteroatoms. The molecule has 9 nitrogen and oxygen atoms in total. The van der Waals surface area contributed by atoms with Gasteiger partial charge >= 0.3 is 12.1 Å². The first-order valence-corrected chi connectivity index (χ1v) is 11.9. The predicted octanol–water partition coefficient (Wildman–Crippen LogP) is 3.76. The Balaban J connectivity index is 1.43.